The van der Waals surface area contributed by atoms with E-state index in [1.165, 1.54) is 9.99 Å². The van der Waals surface area contributed by atoms with Crippen LogP contribution in [0, 0.1) is 3.57 Å². The second-order valence-corrected chi connectivity index (χ2v) is 4.15. The molecule has 0 saturated carbocycles. The van der Waals surface area contributed by atoms with E-state index in [9.17, 15) is 0 Å². The fraction of sp³-hybridized carbons (Fsp3) is 0.444. The molecule has 0 aliphatic carbocycles. The van der Waals surface area contributed by atoms with Crippen LogP contribution in [0.1, 0.15) is 24.6 Å². The third kappa shape index (κ3) is 1.77. The Morgan fingerprint density at radius 1 is 1.50 bits per heavy atom. The largest absolute Gasteiger partial charge is 0.372 e. The summed E-state index contributed by atoms with van der Waals surface area (Å²) in [6, 6.07) is 4.13. The molecule has 1 aliphatic heterocycles. The van der Waals surface area contributed by atoms with Crippen molar-refractivity contribution in [2.24, 2.45) is 0 Å². The quantitative estimate of drug-likeness (QED) is 0.735. The van der Waals surface area contributed by atoms with Gasteiger partial charge in [-0.05, 0) is 47.6 Å². The number of nitrogens with zero attached hydrogens (tertiary/aromatic N) is 1. The maximum absolute atomic E-state index is 5.51. The van der Waals surface area contributed by atoms with Crippen molar-refractivity contribution < 1.29 is 4.74 Å². The highest BCUT2D eigenvalue weighted by molar-refractivity contribution is 14.1. The smallest absolute Gasteiger partial charge is 0.0995 e. The molecule has 2 nitrogen and oxygen atoms in total. The predicted molar refractivity (Wildman–Crippen MR) is 54.9 cm³/mol. The molecule has 1 saturated heterocycles. The molecule has 12 heavy (non-hydrogen) atoms. The number of rotatable bonds is 1. The van der Waals surface area contributed by atoms with Crippen LogP contribution in [0.25, 0.3) is 0 Å². The number of halogens is 1. The van der Waals surface area contributed by atoms with Gasteiger partial charge in [0.25, 0.3) is 0 Å². The molecule has 0 spiro atoms. The molecule has 3 heteroatoms. The average molecular weight is 275 g/mol. The lowest BCUT2D eigenvalue weighted by Gasteiger charge is -2.07. The average Bonchev–Trinajstić information content (AvgIpc) is 2.58. The van der Waals surface area contributed by atoms with Gasteiger partial charge in [0.05, 0.1) is 11.8 Å². The van der Waals surface area contributed by atoms with Gasteiger partial charge in [0.15, 0.2) is 0 Å². The Labute approximate surface area is 85.5 Å². The summed E-state index contributed by atoms with van der Waals surface area (Å²) in [5.74, 6) is 0. The van der Waals surface area contributed by atoms with Crippen molar-refractivity contribution in [3.05, 3.63) is 27.6 Å². The number of aromatic nitrogens is 1. The molecule has 1 aromatic heterocycles. The highest BCUT2D eigenvalue weighted by Crippen LogP contribution is 2.26. The zero-order chi connectivity index (χ0) is 8.39. The van der Waals surface area contributed by atoms with Crippen LogP contribution in [0.3, 0.4) is 0 Å². The minimum Gasteiger partial charge on any atom is -0.372 e. The first-order valence-corrected chi connectivity index (χ1v) is 5.17. The molecule has 0 aromatic carbocycles. The van der Waals surface area contributed by atoms with Crippen molar-refractivity contribution in [3.63, 3.8) is 0 Å². The van der Waals surface area contributed by atoms with E-state index >= 15 is 0 Å². The van der Waals surface area contributed by atoms with Gasteiger partial charge in [0.2, 0.25) is 0 Å². The highest BCUT2D eigenvalue weighted by Gasteiger charge is 2.18. The molecule has 0 N–H and O–H groups in total. The van der Waals surface area contributed by atoms with Gasteiger partial charge < -0.3 is 4.74 Å². The van der Waals surface area contributed by atoms with Crippen molar-refractivity contribution >= 4 is 22.6 Å². The Kier molecular flexibility index (Phi) is 2.60. The van der Waals surface area contributed by atoms with Crippen LogP contribution in [-0.4, -0.2) is 11.6 Å². The van der Waals surface area contributed by atoms with Crippen LogP contribution >= 0.6 is 22.6 Å². The summed E-state index contributed by atoms with van der Waals surface area (Å²) < 4.78 is 6.69. The van der Waals surface area contributed by atoms with E-state index in [1.807, 2.05) is 6.20 Å². The lowest BCUT2D eigenvalue weighted by Crippen LogP contribution is -1.98. The van der Waals surface area contributed by atoms with Gasteiger partial charge >= 0.3 is 0 Å². The molecule has 0 bridgehead atoms. The van der Waals surface area contributed by atoms with E-state index in [4.69, 9.17) is 4.74 Å². The summed E-state index contributed by atoms with van der Waals surface area (Å²) in [5, 5.41) is 0. The summed E-state index contributed by atoms with van der Waals surface area (Å²) in [6.45, 7) is 0.887. The maximum Gasteiger partial charge on any atom is 0.0995 e. The van der Waals surface area contributed by atoms with Crippen LogP contribution in [0.15, 0.2) is 18.3 Å². The summed E-state index contributed by atoms with van der Waals surface area (Å²) in [5.41, 5.74) is 1.08. The van der Waals surface area contributed by atoms with Crippen molar-refractivity contribution in [3.8, 4) is 0 Å². The lowest BCUT2D eigenvalue weighted by molar-refractivity contribution is 0.108. The monoisotopic (exact) mass is 275 g/mol. The number of hydrogen-bond acceptors (Lipinski definition) is 2. The Morgan fingerprint density at radius 2 is 2.42 bits per heavy atom. The number of pyridine rings is 1. The van der Waals surface area contributed by atoms with E-state index < -0.39 is 0 Å². The first-order valence-electron chi connectivity index (χ1n) is 4.09. The molecule has 2 heterocycles. The molecular formula is C9H10INO. The van der Waals surface area contributed by atoms with Gasteiger partial charge in [0.1, 0.15) is 0 Å². The number of hydrogen-bond donors (Lipinski definition) is 0. The van der Waals surface area contributed by atoms with E-state index in [0.29, 0.717) is 0 Å². The Bertz CT molecular complexity index is 254. The van der Waals surface area contributed by atoms with Crippen LogP contribution in [0.5, 0.6) is 0 Å². The van der Waals surface area contributed by atoms with Crippen molar-refractivity contribution in [1.82, 2.24) is 4.98 Å². The minimum atomic E-state index is 0.252. The van der Waals surface area contributed by atoms with Crippen LogP contribution in [-0.2, 0) is 4.74 Å². The molecule has 64 valence electrons. The van der Waals surface area contributed by atoms with E-state index in [2.05, 4.69) is 39.7 Å². The molecule has 1 aliphatic rings. The second kappa shape index (κ2) is 3.70. The standard InChI is InChI=1S/C9H10INO/c10-7-3-4-8(11-6-7)9-2-1-5-12-9/h3-4,6,9H,1-2,5H2. The molecule has 0 amide bonds. The second-order valence-electron chi connectivity index (χ2n) is 2.90. The predicted octanol–water partition coefficient (Wildman–Crippen LogP) is 2.54. The van der Waals surface area contributed by atoms with E-state index in [-0.39, 0.29) is 6.10 Å². The van der Waals surface area contributed by atoms with Crippen LogP contribution in [0.4, 0.5) is 0 Å². The number of ether oxygens (including phenoxy) is 1. The molecule has 1 aromatic rings. The minimum absolute atomic E-state index is 0.252. The van der Waals surface area contributed by atoms with Gasteiger partial charge in [-0.3, -0.25) is 4.98 Å². The Morgan fingerprint density at radius 3 is 3.00 bits per heavy atom. The molecule has 2 rings (SSSR count). The van der Waals surface area contributed by atoms with E-state index in [1.54, 1.807) is 0 Å². The Hall–Kier alpha value is -0.160. The van der Waals surface area contributed by atoms with Gasteiger partial charge in [-0.15, -0.1) is 0 Å². The van der Waals surface area contributed by atoms with Gasteiger partial charge in [-0.1, -0.05) is 0 Å². The van der Waals surface area contributed by atoms with Crippen LogP contribution in [0.2, 0.25) is 0 Å². The Balaban J connectivity index is 2.17. The lowest BCUT2D eigenvalue weighted by atomic mass is 10.2. The fourth-order valence-corrected chi connectivity index (χ4v) is 1.71. The topological polar surface area (TPSA) is 22.1 Å². The normalized spacial score (nSPS) is 22.9. The fourth-order valence-electron chi connectivity index (χ4n) is 1.39. The first kappa shape index (κ1) is 8.44. The summed E-state index contributed by atoms with van der Waals surface area (Å²) in [4.78, 5) is 4.33. The highest BCUT2D eigenvalue weighted by atomic mass is 127. The molecule has 1 atom stereocenters. The molecule has 1 fully saturated rings. The van der Waals surface area contributed by atoms with Gasteiger partial charge in [0, 0.05) is 16.4 Å². The summed E-state index contributed by atoms with van der Waals surface area (Å²) >= 11 is 2.26. The maximum atomic E-state index is 5.51. The third-order valence-electron chi connectivity index (χ3n) is 2.01. The summed E-state index contributed by atoms with van der Waals surface area (Å²) in [6.07, 6.45) is 4.42. The summed E-state index contributed by atoms with van der Waals surface area (Å²) in [7, 11) is 0. The van der Waals surface area contributed by atoms with Gasteiger partial charge in [-0.2, -0.15) is 0 Å². The zero-order valence-corrected chi connectivity index (χ0v) is 8.82. The van der Waals surface area contributed by atoms with Crippen molar-refractivity contribution in [1.29, 1.82) is 0 Å². The zero-order valence-electron chi connectivity index (χ0n) is 6.66. The molecule has 1 unspecified atom stereocenters. The van der Waals surface area contributed by atoms with Crippen molar-refractivity contribution in [2.45, 2.75) is 18.9 Å². The van der Waals surface area contributed by atoms with Crippen LogP contribution < -0.4 is 0 Å². The van der Waals surface area contributed by atoms with Crippen molar-refractivity contribution in [2.75, 3.05) is 6.61 Å². The SMILES string of the molecule is Ic1ccc(C2CCCO2)nc1. The van der Waals surface area contributed by atoms with E-state index in [0.717, 1.165) is 18.7 Å². The molecular weight excluding hydrogens is 265 g/mol. The third-order valence-corrected chi connectivity index (χ3v) is 2.65. The van der Waals surface area contributed by atoms with Gasteiger partial charge in [-0.25, -0.2) is 0 Å². The molecule has 0 radical (unpaired) electrons. The first-order chi connectivity index (χ1) is 5.86.